The van der Waals surface area contributed by atoms with Crippen molar-refractivity contribution in [3.63, 3.8) is 0 Å². The number of benzene rings is 2. The summed E-state index contributed by atoms with van der Waals surface area (Å²) >= 11 is 3.55. The van der Waals surface area contributed by atoms with Gasteiger partial charge in [-0.2, -0.15) is 0 Å². The Kier molecular flexibility index (Phi) is 4.32. The molecule has 2 aliphatic rings. The third-order valence-electron chi connectivity index (χ3n) is 5.51. The molecule has 0 N–H and O–H groups in total. The molecule has 5 heteroatoms. The number of rotatable bonds is 4. The fourth-order valence-electron chi connectivity index (χ4n) is 3.58. The molecule has 0 aromatic heterocycles. The molecule has 4 nitrogen and oxygen atoms in total. The van der Waals surface area contributed by atoms with Crippen LogP contribution in [0.15, 0.2) is 53.0 Å². The van der Waals surface area contributed by atoms with E-state index in [1.165, 1.54) is 0 Å². The molecule has 1 saturated carbocycles. The van der Waals surface area contributed by atoms with Gasteiger partial charge in [-0.15, -0.1) is 0 Å². The lowest BCUT2D eigenvalue weighted by Gasteiger charge is -2.48. The highest BCUT2D eigenvalue weighted by Gasteiger charge is 2.60. The molecule has 1 aliphatic carbocycles. The first kappa shape index (κ1) is 17.6. The maximum atomic E-state index is 13.3. The fraction of sp³-hybridized carbons (Fsp3) is 0.381. The average molecular weight is 416 g/mol. The van der Waals surface area contributed by atoms with Gasteiger partial charge >= 0.3 is 0 Å². The van der Waals surface area contributed by atoms with E-state index in [-0.39, 0.29) is 5.91 Å². The lowest BCUT2D eigenvalue weighted by Crippen LogP contribution is -2.59. The number of carbonyl (C=O) groups excluding carboxylic acids is 1. The number of methoxy groups -OCH3 is 1. The molecule has 1 aliphatic heterocycles. The van der Waals surface area contributed by atoms with Crippen molar-refractivity contribution < 1.29 is 14.3 Å². The van der Waals surface area contributed by atoms with Gasteiger partial charge in [-0.1, -0.05) is 40.2 Å². The van der Waals surface area contributed by atoms with E-state index >= 15 is 0 Å². The number of hydrogen-bond donors (Lipinski definition) is 0. The molecule has 136 valence electrons. The van der Waals surface area contributed by atoms with Crippen LogP contribution in [0.1, 0.15) is 30.9 Å². The van der Waals surface area contributed by atoms with E-state index in [1.54, 1.807) is 7.11 Å². The molecular formula is C21H22BrNO3. The smallest absolute Gasteiger partial charge is 0.255 e. The summed E-state index contributed by atoms with van der Waals surface area (Å²) in [6.45, 7) is 3.15. The zero-order valence-electron chi connectivity index (χ0n) is 15.0. The summed E-state index contributed by atoms with van der Waals surface area (Å²) in [5.74, 6) is 0.914. The van der Waals surface area contributed by atoms with E-state index in [0.717, 1.165) is 34.2 Å². The van der Waals surface area contributed by atoms with Crippen molar-refractivity contribution in [2.75, 3.05) is 13.7 Å². The Morgan fingerprint density at radius 1 is 1.19 bits per heavy atom. The van der Waals surface area contributed by atoms with Crippen molar-refractivity contribution in [3.05, 3.63) is 64.1 Å². The van der Waals surface area contributed by atoms with Crippen LogP contribution >= 0.6 is 15.9 Å². The molecule has 1 heterocycles. The van der Waals surface area contributed by atoms with Gasteiger partial charge in [-0.05, 0) is 55.2 Å². The first-order valence-electron chi connectivity index (χ1n) is 8.82. The molecule has 1 amide bonds. The topological polar surface area (TPSA) is 38.8 Å². The Morgan fingerprint density at radius 2 is 1.92 bits per heavy atom. The predicted molar refractivity (Wildman–Crippen MR) is 103 cm³/mol. The third kappa shape index (κ3) is 2.93. The molecule has 0 radical (unpaired) electrons. The largest absolute Gasteiger partial charge is 0.497 e. The second-order valence-electron chi connectivity index (χ2n) is 7.31. The van der Waals surface area contributed by atoms with Crippen LogP contribution in [0.4, 0.5) is 0 Å². The van der Waals surface area contributed by atoms with Crippen LogP contribution < -0.4 is 4.74 Å². The number of carbonyl (C=O) groups is 1. The highest BCUT2D eigenvalue weighted by molar-refractivity contribution is 9.10. The van der Waals surface area contributed by atoms with Crippen LogP contribution in [0.25, 0.3) is 0 Å². The van der Waals surface area contributed by atoms with Crippen LogP contribution in [-0.2, 0) is 21.6 Å². The maximum Gasteiger partial charge on any atom is 0.255 e. The Hall–Kier alpha value is -1.85. The van der Waals surface area contributed by atoms with Gasteiger partial charge in [0.2, 0.25) is 0 Å². The summed E-state index contributed by atoms with van der Waals surface area (Å²) in [6, 6.07) is 16.0. The quantitative estimate of drug-likeness (QED) is 0.748. The SMILES string of the molecule is COc1ccc(CN2C(=O)C3(CC3)OCC2(C)c2cccc(Br)c2)cc1. The molecule has 2 aromatic rings. The molecule has 4 rings (SSSR count). The van der Waals surface area contributed by atoms with E-state index in [1.807, 2.05) is 41.3 Å². The Bertz CT molecular complexity index is 831. The fourth-order valence-corrected chi connectivity index (χ4v) is 3.98. The van der Waals surface area contributed by atoms with Gasteiger partial charge in [0.25, 0.3) is 5.91 Å². The Balaban J connectivity index is 1.70. The number of amides is 1. The summed E-state index contributed by atoms with van der Waals surface area (Å²) in [4.78, 5) is 15.3. The van der Waals surface area contributed by atoms with Crippen molar-refractivity contribution in [3.8, 4) is 5.75 Å². The van der Waals surface area contributed by atoms with E-state index in [9.17, 15) is 4.79 Å². The van der Waals surface area contributed by atoms with Crippen molar-refractivity contribution in [1.82, 2.24) is 4.90 Å². The van der Waals surface area contributed by atoms with Gasteiger partial charge in [0.05, 0.1) is 19.3 Å². The molecule has 26 heavy (non-hydrogen) atoms. The van der Waals surface area contributed by atoms with Crippen LogP contribution in [0.2, 0.25) is 0 Å². The van der Waals surface area contributed by atoms with Crippen molar-refractivity contribution in [1.29, 1.82) is 0 Å². The molecule has 1 saturated heterocycles. The molecule has 2 aromatic carbocycles. The highest BCUT2D eigenvalue weighted by atomic mass is 79.9. The van der Waals surface area contributed by atoms with E-state index in [2.05, 4.69) is 35.0 Å². The minimum absolute atomic E-state index is 0.0991. The summed E-state index contributed by atoms with van der Waals surface area (Å²) in [5.41, 5.74) is 1.06. The summed E-state index contributed by atoms with van der Waals surface area (Å²) in [5, 5.41) is 0. The van der Waals surface area contributed by atoms with Gasteiger partial charge in [0.15, 0.2) is 0 Å². The van der Waals surface area contributed by atoms with Crippen LogP contribution in [0.3, 0.4) is 0 Å². The van der Waals surface area contributed by atoms with Crippen LogP contribution in [0.5, 0.6) is 5.75 Å². The predicted octanol–water partition coefficient (Wildman–Crippen LogP) is 4.26. The standard InChI is InChI=1S/C21H22BrNO3/c1-20(16-4-3-5-17(22)12-16)14-26-21(10-11-21)19(24)23(20)13-15-6-8-18(25-2)9-7-15/h3-9,12H,10-11,13-14H2,1-2H3. The first-order chi connectivity index (χ1) is 12.5. The Labute approximate surface area is 162 Å². The number of nitrogens with zero attached hydrogens (tertiary/aromatic N) is 1. The average Bonchev–Trinajstić information content (AvgIpc) is 3.44. The maximum absolute atomic E-state index is 13.3. The van der Waals surface area contributed by atoms with Crippen molar-refractivity contribution in [2.24, 2.45) is 0 Å². The highest BCUT2D eigenvalue weighted by Crippen LogP contribution is 2.49. The van der Waals surface area contributed by atoms with Gasteiger partial charge in [0, 0.05) is 11.0 Å². The molecule has 1 atom stereocenters. The minimum atomic E-state index is -0.585. The van der Waals surface area contributed by atoms with Crippen LogP contribution in [-0.4, -0.2) is 30.1 Å². The second-order valence-corrected chi connectivity index (χ2v) is 8.22. The van der Waals surface area contributed by atoms with Gasteiger partial charge in [-0.25, -0.2) is 0 Å². The van der Waals surface area contributed by atoms with Gasteiger partial charge in [0.1, 0.15) is 11.4 Å². The molecule has 1 spiro atoms. The molecule has 0 bridgehead atoms. The second kappa shape index (κ2) is 6.39. The number of morpholine rings is 1. The van der Waals surface area contributed by atoms with Crippen molar-refractivity contribution in [2.45, 2.75) is 37.5 Å². The van der Waals surface area contributed by atoms with Gasteiger partial charge in [-0.3, -0.25) is 4.79 Å². The molecular weight excluding hydrogens is 394 g/mol. The molecule has 2 fully saturated rings. The van der Waals surface area contributed by atoms with Gasteiger partial charge < -0.3 is 14.4 Å². The van der Waals surface area contributed by atoms with Crippen molar-refractivity contribution >= 4 is 21.8 Å². The van der Waals surface area contributed by atoms with E-state index in [4.69, 9.17) is 9.47 Å². The van der Waals surface area contributed by atoms with E-state index < -0.39 is 11.1 Å². The van der Waals surface area contributed by atoms with Crippen LogP contribution in [0, 0.1) is 0 Å². The normalized spacial score (nSPS) is 24.0. The minimum Gasteiger partial charge on any atom is -0.497 e. The number of hydrogen-bond acceptors (Lipinski definition) is 3. The zero-order valence-corrected chi connectivity index (χ0v) is 16.6. The third-order valence-corrected chi connectivity index (χ3v) is 6.00. The summed E-state index contributed by atoms with van der Waals surface area (Å²) in [6.07, 6.45) is 1.64. The lowest BCUT2D eigenvalue weighted by molar-refractivity contribution is -0.177. The number of halogens is 1. The zero-order chi connectivity index (χ0) is 18.4. The molecule has 1 unspecified atom stereocenters. The summed E-state index contributed by atoms with van der Waals surface area (Å²) < 4.78 is 12.3. The Morgan fingerprint density at radius 3 is 2.54 bits per heavy atom. The summed E-state index contributed by atoms with van der Waals surface area (Å²) in [7, 11) is 1.65. The number of ether oxygens (including phenoxy) is 2. The first-order valence-corrected chi connectivity index (χ1v) is 9.61. The van der Waals surface area contributed by atoms with E-state index in [0.29, 0.717) is 13.2 Å². The monoisotopic (exact) mass is 415 g/mol. The lowest BCUT2D eigenvalue weighted by atomic mass is 9.87.